The lowest BCUT2D eigenvalue weighted by molar-refractivity contribution is -0.127. The molecule has 7 heteroatoms. The van der Waals surface area contributed by atoms with Crippen LogP contribution < -0.4 is 5.32 Å². The molecule has 1 amide bonds. The SMILES string of the molecule is CC(NC(=O)C1CCN(Cc2nc(-c3ccc(Cl)cc3)no2)CC1)c1ccccc1. The highest BCUT2D eigenvalue weighted by Crippen LogP contribution is 2.22. The lowest BCUT2D eigenvalue weighted by Gasteiger charge is -2.30. The molecule has 1 N–H and O–H groups in total. The van der Waals surface area contributed by atoms with E-state index in [1.54, 1.807) is 12.1 Å². The van der Waals surface area contributed by atoms with E-state index in [0.29, 0.717) is 23.3 Å². The summed E-state index contributed by atoms with van der Waals surface area (Å²) >= 11 is 5.93. The molecule has 0 spiro atoms. The normalized spacial score (nSPS) is 16.3. The second-order valence-corrected chi connectivity index (χ2v) is 8.15. The number of aromatic nitrogens is 2. The van der Waals surface area contributed by atoms with Gasteiger partial charge < -0.3 is 9.84 Å². The van der Waals surface area contributed by atoms with Crippen molar-refractivity contribution in [2.45, 2.75) is 32.4 Å². The van der Waals surface area contributed by atoms with Gasteiger partial charge in [0.2, 0.25) is 17.6 Å². The molecule has 1 unspecified atom stereocenters. The number of nitrogens with one attached hydrogen (secondary N) is 1. The van der Waals surface area contributed by atoms with Crippen LogP contribution in [-0.4, -0.2) is 34.0 Å². The molecular weight excluding hydrogens is 400 g/mol. The molecule has 1 aliphatic heterocycles. The largest absolute Gasteiger partial charge is 0.349 e. The maximum Gasteiger partial charge on any atom is 0.241 e. The zero-order valence-corrected chi connectivity index (χ0v) is 17.7. The number of hydrogen-bond donors (Lipinski definition) is 1. The maximum absolute atomic E-state index is 12.7. The van der Waals surface area contributed by atoms with Gasteiger partial charge in [0.15, 0.2) is 0 Å². The summed E-state index contributed by atoms with van der Waals surface area (Å²) in [5.41, 5.74) is 1.99. The number of nitrogens with zero attached hydrogens (tertiary/aromatic N) is 3. The van der Waals surface area contributed by atoms with Crippen LogP contribution in [0.3, 0.4) is 0 Å². The van der Waals surface area contributed by atoms with Crippen LogP contribution in [0.2, 0.25) is 5.02 Å². The van der Waals surface area contributed by atoms with Gasteiger partial charge in [-0.25, -0.2) is 0 Å². The van der Waals surface area contributed by atoms with Gasteiger partial charge in [0, 0.05) is 16.5 Å². The van der Waals surface area contributed by atoms with Crippen LogP contribution >= 0.6 is 11.6 Å². The molecule has 4 rings (SSSR count). The predicted molar refractivity (Wildman–Crippen MR) is 116 cm³/mol. The molecule has 1 aliphatic rings. The Kier molecular flexibility index (Phi) is 6.45. The molecule has 2 heterocycles. The fourth-order valence-electron chi connectivity index (χ4n) is 3.74. The molecule has 0 bridgehead atoms. The summed E-state index contributed by atoms with van der Waals surface area (Å²) in [5, 5.41) is 7.89. The highest BCUT2D eigenvalue weighted by Gasteiger charge is 2.27. The van der Waals surface area contributed by atoms with Crippen molar-refractivity contribution in [2.75, 3.05) is 13.1 Å². The quantitative estimate of drug-likeness (QED) is 0.631. The Bertz CT molecular complexity index is 966. The van der Waals surface area contributed by atoms with Crippen LogP contribution in [0, 0.1) is 5.92 Å². The van der Waals surface area contributed by atoms with E-state index in [9.17, 15) is 4.79 Å². The van der Waals surface area contributed by atoms with Crippen molar-refractivity contribution in [2.24, 2.45) is 5.92 Å². The predicted octanol–water partition coefficient (Wildman–Crippen LogP) is 4.48. The number of hydrogen-bond acceptors (Lipinski definition) is 5. The van der Waals surface area contributed by atoms with Crippen molar-refractivity contribution in [3.63, 3.8) is 0 Å². The second kappa shape index (κ2) is 9.41. The summed E-state index contributed by atoms with van der Waals surface area (Å²) in [4.78, 5) is 19.4. The first kappa shape index (κ1) is 20.6. The van der Waals surface area contributed by atoms with E-state index in [2.05, 4.69) is 20.4 Å². The van der Waals surface area contributed by atoms with Crippen LogP contribution in [0.15, 0.2) is 59.1 Å². The Balaban J connectivity index is 1.27. The van der Waals surface area contributed by atoms with Crippen LogP contribution in [0.25, 0.3) is 11.4 Å². The van der Waals surface area contributed by atoms with Crippen LogP contribution in [0.5, 0.6) is 0 Å². The Morgan fingerprint density at radius 2 is 1.87 bits per heavy atom. The summed E-state index contributed by atoms with van der Waals surface area (Å²) in [6.07, 6.45) is 1.65. The number of carbonyl (C=O) groups excluding carboxylic acids is 1. The molecule has 6 nitrogen and oxygen atoms in total. The number of amides is 1. The fraction of sp³-hybridized carbons (Fsp3) is 0.348. The molecule has 1 fully saturated rings. The lowest BCUT2D eigenvalue weighted by atomic mass is 9.95. The fourth-order valence-corrected chi connectivity index (χ4v) is 3.86. The van der Waals surface area contributed by atoms with E-state index >= 15 is 0 Å². The first-order valence-electron chi connectivity index (χ1n) is 10.2. The van der Waals surface area contributed by atoms with Gasteiger partial charge >= 0.3 is 0 Å². The van der Waals surface area contributed by atoms with Gasteiger partial charge in [0.1, 0.15) is 0 Å². The van der Waals surface area contributed by atoms with E-state index < -0.39 is 0 Å². The van der Waals surface area contributed by atoms with Gasteiger partial charge in [-0.05, 0) is 62.7 Å². The number of benzene rings is 2. The standard InChI is InChI=1S/C23H25ClN4O2/c1-16(17-5-3-2-4-6-17)25-23(29)19-11-13-28(14-12-19)15-21-26-22(27-30-21)18-7-9-20(24)10-8-18/h2-10,16,19H,11-15H2,1H3,(H,25,29). The van der Waals surface area contributed by atoms with E-state index in [4.69, 9.17) is 16.1 Å². The summed E-state index contributed by atoms with van der Waals surface area (Å²) in [6.45, 7) is 4.28. The maximum atomic E-state index is 12.7. The second-order valence-electron chi connectivity index (χ2n) is 7.71. The minimum Gasteiger partial charge on any atom is -0.349 e. The zero-order valence-electron chi connectivity index (χ0n) is 16.9. The van der Waals surface area contributed by atoms with E-state index in [-0.39, 0.29) is 17.9 Å². The third kappa shape index (κ3) is 5.07. The summed E-state index contributed by atoms with van der Waals surface area (Å²) in [6, 6.07) is 17.4. The van der Waals surface area contributed by atoms with Crippen LogP contribution in [-0.2, 0) is 11.3 Å². The molecule has 0 saturated carbocycles. The van der Waals surface area contributed by atoms with Crippen molar-refractivity contribution < 1.29 is 9.32 Å². The minimum absolute atomic E-state index is 0.0152. The van der Waals surface area contributed by atoms with E-state index in [1.165, 1.54) is 0 Å². The van der Waals surface area contributed by atoms with Crippen molar-refractivity contribution in [1.82, 2.24) is 20.4 Å². The van der Waals surface area contributed by atoms with Crippen LogP contribution in [0.1, 0.15) is 37.3 Å². The highest BCUT2D eigenvalue weighted by molar-refractivity contribution is 6.30. The molecule has 1 atom stereocenters. The molecule has 30 heavy (non-hydrogen) atoms. The number of halogens is 1. The molecular formula is C23H25ClN4O2. The number of likely N-dealkylation sites (tertiary alicyclic amines) is 1. The summed E-state index contributed by atoms with van der Waals surface area (Å²) in [7, 11) is 0. The minimum atomic E-state index is 0.0152. The Morgan fingerprint density at radius 3 is 2.57 bits per heavy atom. The molecule has 1 aromatic heterocycles. The third-order valence-corrected chi connectivity index (χ3v) is 5.80. The smallest absolute Gasteiger partial charge is 0.241 e. The average Bonchev–Trinajstić information content (AvgIpc) is 3.23. The van der Waals surface area contributed by atoms with Gasteiger partial charge in [-0.1, -0.05) is 47.1 Å². The molecule has 3 aromatic rings. The Labute approximate surface area is 181 Å². The Morgan fingerprint density at radius 1 is 1.17 bits per heavy atom. The molecule has 2 aromatic carbocycles. The monoisotopic (exact) mass is 424 g/mol. The number of carbonyl (C=O) groups is 1. The van der Waals surface area contributed by atoms with Gasteiger partial charge in [-0.15, -0.1) is 0 Å². The van der Waals surface area contributed by atoms with Crippen molar-refractivity contribution in [3.8, 4) is 11.4 Å². The third-order valence-electron chi connectivity index (χ3n) is 5.55. The number of rotatable bonds is 6. The van der Waals surface area contributed by atoms with Crippen molar-refractivity contribution in [1.29, 1.82) is 0 Å². The van der Waals surface area contributed by atoms with Crippen molar-refractivity contribution >= 4 is 17.5 Å². The van der Waals surface area contributed by atoms with Crippen LogP contribution in [0.4, 0.5) is 0 Å². The van der Waals surface area contributed by atoms with Gasteiger partial charge in [0.25, 0.3) is 0 Å². The van der Waals surface area contributed by atoms with E-state index in [1.807, 2.05) is 49.4 Å². The number of piperidine rings is 1. The van der Waals surface area contributed by atoms with Crippen molar-refractivity contribution in [3.05, 3.63) is 71.1 Å². The first-order valence-corrected chi connectivity index (χ1v) is 10.6. The zero-order chi connectivity index (χ0) is 20.9. The topological polar surface area (TPSA) is 71.3 Å². The summed E-state index contributed by atoms with van der Waals surface area (Å²) < 4.78 is 5.41. The average molecular weight is 425 g/mol. The highest BCUT2D eigenvalue weighted by atomic mass is 35.5. The first-order chi connectivity index (χ1) is 14.6. The van der Waals surface area contributed by atoms with Gasteiger partial charge in [-0.2, -0.15) is 4.98 Å². The molecule has 0 aliphatic carbocycles. The molecule has 1 saturated heterocycles. The van der Waals surface area contributed by atoms with Gasteiger partial charge in [-0.3, -0.25) is 9.69 Å². The Hall–Kier alpha value is -2.70. The van der Waals surface area contributed by atoms with Gasteiger partial charge in [0.05, 0.1) is 12.6 Å². The summed E-state index contributed by atoms with van der Waals surface area (Å²) in [5.74, 6) is 1.32. The lowest BCUT2D eigenvalue weighted by Crippen LogP contribution is -2.40. The molecule has 0 radical (unpaired) electrons. The molecule has 156 valence electrons. The van der Waals surface area contributed by atoms with E-state index in [0.717, 1.165) is 37.1 Å².